The van der Waals surface area contributed by atoms with Crippen molar-refractivity contribution < 1.29 is 37.0 Å². The van der Waals surface area contributed by atoms with Gasteiger partial charge in [0.15, 0.2) is 0 Å². The van der Waals surface area contributed by atoms with Crippen molar-refractivity contribution in [1.82, 2.24) is 0 Å². The first-order chi connectivity index (χ1) is 13.7. The van der Waals surface area contributed by atoms with Crippen LogP contribution >= 0.6 is 15.6 Å². The summed E-state index contributed by atoms with van der Waals surface area (Å²) in [4.78, 5) is 31.7. The van der Waals surface area contributed by atoms with E-state index in [1.54, 1.807) is 0 Å². The van der Waals surface area contributed by atoms with Crippen LogP contribution in [-0.4, -0.2) is 6.61 Å². The van der Waals surface area contributed by atoms with Crippen molar-refractivity contribution >= 4 is 15.6 Å². The molecule has 0 fully saturated rings. The Morgan fingerprint density at radius 1 is 0.833 bits per heavy atom. The maximum absolute atomic E-state index is 13.9. The molecule has 0 saturated carbocycles. The molecule has 0 aromatic carbocycles. The highest BCUT2D eigenvalue weighted by Crippen LogP contribution is 2.50. The maximum Gasteiger partial charge on any atom is 0.272 e. The molecular formula is C20H32FO7P2-3. The van der Waals surface area contributed by atoms with Crippen LogP contribution in [0.5, 0.6) is 0 Å². The summed E-state index contributed by atoms with van der Waals surface area (Å²) in [7, 11) is -11.2. The second kappa shape index (κ2) is 14.3. The molecule has 30 heavy (non-hydrogen) atoms. The standard InChI is InChI=1S/C20H35FO7P2/c1-16(2)9-6-10-17(3)11-7-12-18(4)13-8-14-19(5)20(21)15-27-30(25,26)28-29(22,23)24/h9,11,13H,6-8,10,12,14-15H2,1-5H3,(H,25,26)(H2,22,23,24)/p-3/b17-11+,18-13+,20-19-. The molecule has 0 bridgehead atoms. The molecule has 0 aliphatic heterocycles. The number of hydrogen-bond acceptors (Lipinski definition) is 7. The van der Waals surface area contributed by atoms with Gasteiger partial charge in [-0.1, -0.05) is 34.9 Å². The average Bonchev–Trinajstić information content (AvgIpc) is 2.57. The Kier molecular flexibility index (Phi) is 13.9. The Morgan fingerprint density at radius 2 is 1.30 bits per heavy atom. The summed E-state index contributed by atoms with van der Waals surface area (Å²) < 4.78 is 42.7. The van der Waals surface area contributed by atoms with Crippen LogP contribution in [0.2, 0.25) is 0 Å². The van der Waals surface area contributed by atoms with Crippen LogP contribution in [0.1, 0.15) is 73.1 Å². The molecule has 0 aromatic rings. The Bertz CT molecular complexity index is 759. The van der Waals surface area contributed by atoms with E-state index in [2.05, 4.69) is 41.8 Å². The topological polar surface area (TPSA) is 122 Å². The van der Waals surface area contributed by atoms with Gasteiger partial charge in [-0.25, -0.2) is 4.39 Å². The van der Waals surface area contributed by atoms with Crippen LogP contribution < -0.4 is 14.7 Å². The molecule has 0 N–H and O–H groups in total. The number of phosphoric ester groups is 1. The lowest BCUT2D eigenvalue weighted by molar-refractivity contribution is -0.339. The predicted octanol–water partition coefficient (Wildman–Crippen LogP) is 4.76. The Balaban J connectivity index is 4.40. The summed E-state index contributed by atoms with van der Waals surface area (Å²) in [6.07, 6.45) is 11.3. The lowest BCUT2D eigenvalue weighted by Crippen LogP contribution is -2.19. The van der Waals surface area contributed by atoms with Crippen LogP contribution in [0, 0.1) is 0 Å². The molecule has 0 saturated heterocycles. The Labute approximate surface area is 179 Å². The van der Waals surface area contributed by atoms with Gasteiger partial charge >= 0.3 is 0 Å². The second-order valence-electron chi connectivity index (χ2n) is 7.43. The monoisotopic (exact) mass is 465 g/mol. The molecule has 0 spiro atoms. The molecule has 1 unspecified atom stereocenters. The van der Waals surface area contributed by atoms with Gasteiger partial charge in [-0.2, -0.15) is 0 Å². The minimum atomic E-state index is -5.78. The van der Waals surface area contributed by atoms with Crippen molar-refractivity contribution in [1.29, 1.82) is 0 Å². The fourth-order valence-corrected chi connectivity index (χ4v) is 3.85. The first-order valence-corrected chi connectivity index (χ1v) is 12.6. The SMILES string of the molecule is CC(C)=CCC/C(C)=C/CC/C(C)=C/CC/C(C)=C(\F)COP(=O)([O-])OP(=O)([O-])[O-]. The summed E-state index contributed by atoms with van der Waals surface area (Å²) in [5, 5.41) is 0. The van der Waals surface area contributed by atoms with Crippen molar-refractivity contribution in [3.05, 3.63) is 46.3 Å². The summed E-state index contributed by atoms with van der Waals surface area (Å²) in [5.74, 6) is -0.859. The lowest BCUT2D eigenvalue weighted by atomic mass is 10.0. The molecule has 0 aromatic heterocycles. The molecular weight excluding hydrogens is 433 g/mol. The van der Waals surface area contributed by atoms with E-state index >= 15 is 0 Å². The fourth-order valence-electron chi connectivity index (χ4n) is 2.41. The van der Waals surface area contributed by atoms with E-state index in [0.29, 0.717) is 12.8 Å². The van der Waals surface area contributed by atoms with Crippen molar-refractivity contribution in [3.8, 4) is 0 Å². The van der Waals surface area contributed by atoms with Crippen molar-refractivity contribution in [3.63, 3.8) is 0 Å². The van der Waals surface area contributed by atoms with Crippen LogP contribution in [0.3, 0.4) is 0 Å². The van der Waals surface area contributed by atoms with E-state index in [1.807, 2.05) is 13.0 Å². The molecule has 0 aliphatic rings. The predicted molar refractivity (Wildman–Crippen MR) is 111 cm³/mol. The number of phosphoric acid groups is 2. The van der Waals surface area contributed by atoms with E-state index < -0.39 is 28.1 Å². The highest BCUT2D eigenvalue weighted by Gasteiger charge is 2.14. The number of hydrogen-bond donors (Lipinski definition) is 0. The van der Waals surface area contributed by atoms with Gasteiger partial charge in [-0.15, -0.1) is 0 Å². The van der Waals surface area contributed by atoms with E-state index in [1.165, 1.54) is 23.6 Å². The quantitative estimate of drug-likeness (QED) is 0.268. The molecule has 1 atom stereocenters. The minimum absolute atomic E-state index is 0.265. The van der Waals surface area contributed by atoms with Gasteiger partial charge in [-0.3, -0.25) is 8.88 Å². The second-order valence-corrected chi connectivity index (χ2v) is 10.1. The van der Waals surface area contributed by atoms with Crippen molar-refractivity contribution in [2.75, 3.05) is 6.61 Å². The first-order valence-electron chi connectivity index (χ1n) is 9.69. The van der Waals surface area contributed by atoms with Crippen LogP contribution in [-0.2, 0) is 18.0 Å². The van der Waals surface area contributed by atoms with Gasteiger partial charge in [0.2, 0.25) is 0 Å². The highest BCUT2D eigenvalue weighted by molar-refractivity contribution is 7.58. The van der Waals surface area contributed by atoms with Gasteiger partial charge in [0.05, 0.1) is 7.82 Å². The zero-order chi connectivity index (χ0) is 23.4. The van der Waals surface area contributed by atoms with Gasteiger partial charge in [0.25, 0.3) is 7.82 Å². The summed E-state index contributed by atoms with van der Waals surface area (Å²) in [5.41, 5.74) is 4.11. The average molecular weight is 465 g/mol. The maximum atomic E-state index is 13.9. The highest BCUT2D eigenvalue weighted by atomic mass is 31.3. The van der Waals surface area contributed by atoms with Crippen LogP contribution in [0.4, 0.5) is 4.39 Å². The summed E-state index contributed by atoms with van der Waals surface area (Å²) in [6.45, 7) is 8.74. The van der Waals surface area contributed by atoms with E-state index in [-0.39, 0.29) is 5.57 Å². The summed E-state index contributed by atoms with van der Waals surface area (Å²) >= 11 is 0. The smallest absolute Gasteiger partial charge is 0.272 e. The Morgan fingerprint density at radius 3 is 1.77 bits per heavy atom. The number of rotatable bonds is 14. The van der Waals surface area contributed by atoms with Crippen molar-refractivity contribution in [2.45, 2.75) is 73.1 Å². The lowest BCUT2D eigenvalue weighted by Gasteiger charge is -2.34. The van der Waals surface area contributed by atoms with E-state index in [9.17, 15) is 28.2 Å². The number of allylic oxidation sites excluding steroid dienone is 7. The molecule has 0 radical (unpaired) electrons. The number of halogens is 1. The third-order valence-corrected chi connectivity index (χ3v) is 6.19. The minimum Gasteiger partial charge on any atom is -0.790 e. The molecule has 7 nitrogen and oxygen atoms in total. The first kappa shape index (κ1) is 29.1. The Hall–Kier alpha value is -0.850. The van der Waals surface area contributed by atoms with Gasteiger partial charge in [0, 0.05) is 0 Å². The third-order valence-electron chi connectivity index (χ3n) is 4.15. The molecule has 0 aliphatic carbocycles. The van der Waals surface area contributed by atoms with Crippen molar-refractivity contribution in [2.24, 2.45) is 0 Å². The molecule has 10 heteroatoms. The van der Waals surface area contributed by atoms with Gasteiger partial charge < -0.3 is 23.8 Å². The molecule has 0 rings (SSSR count). The van der Waals surface area contributed by atoms with E-state index in [0.717, 1.165) is 25.7 Å². The molecule has 174 valence electrons. The van der Waals surface area contributed by atoms with Gasteiger partial charge in [-0.05, 0) is 78.7 Å². The molecule has 0 heterocycles. The van der Waals surface area contributed by atoms with Crippen LogP contribution in [0.15, 0.2) is 46.3 Å². The van der Waals surface area contributed by atoms with Gasteiger partial charge in [0.1, 0.15) is 12.4 Å². The van der Waals surface area contributed by atoms with Crippen LogP contribution in [0.25, 0.3) is 0 Å². The zero-order valence-corrected chi connectivity index (χ0v) is 20.1. The summed E-state index contributed by atoms with van der Waals surface area (Å²) in [6, 6.07) is 0. The van der Waals surface area contributed by atoms with E-state index in [4.69, 9.17) is 0 Å². The fraction of sp³-hybridized carbons (Fsp3) is 0.600. The molecule has 0 amide bonds. The normalized spacial score (nSPS) is 16.2. The third kappa shape index (κ3) is 16.9. The largest absolute Gasteiger partial charge is 0.790 e. The zero-order valence-electron chi connectivity index (χ0n) is 18.3.